The van der Waals surface area contributed by atoms with E-state index in [0.717, 1.165) is 0 Å². The van der Waals surface area contributed by atoms with Crippen LogP contribution in [-0.2, 0) is 4.79 Å². The Balaban J connectivity index is 3.23. The van der Waals surface area contributed by atoms with Crippen LogP contribution in [0.25, 0.3) is 0 Å². The van der Waals surface area contributed by atoms with Gasteiger partial charge in [-0.2, -0.15) is 0 Å². The highest BCUT2D eigenvalue weighted by atomic mass is 16.4. The average molecular weight is 237 g/mol. The predicted molar refractivity (Wildman–Crippen MR) is 63.0 cm³/mol. The van der Waals surface area contributed by atoms with Crippen LogP contribution in [0.2, 0.25) is 0 Å². The van der Waals surface area contributed by atoms with E-state index in [4.69, 9.17) is 10.8 Å². The monoisotopic (exact) mass is 237 g/mol. The van der Waals surface area contributed by atoms with Gasteiger partial charge < -0.3 is 15.7 Å². The molecule has 0 aromatic carbocycles. The van der Waals surface area contributed by atoms with Crippen LogP contribution < -0.4 is 10.6 Å². The van der Waals surface area contributed by atoms with E-state index in [-0.39, 0.29) is 11.4 Å². The molecule has 1 aromatic rings. The van der Waals surface area contributed by atoms with E-state index in [9.17, 15) is 9.59 Å². The van der Waals surface area contributed by atoms with E-state index >= 15 is 0 Å². The van der Waals surface area contributed by atoms with Crippen molar-refractivity contribution in [1.82, 2.24) is 4.98 Å². The summed E-state index contributed by atoms with van der Waals surface area (Å²) >= 11 is 0. The predicted octanol–water partition coefficient (Wildman–Crippen LogP) is 0.398. The number of likely N-dealkylation sites (N-methyl/N-ethyl adjacent to an activating group) is 1. The number of carbonyl (C=O) groups is 2. The third-order valence-corrected chi connectivity index (χ3v) is 2.55. The van der Waals surface area contributed by atoms with Crippen LogP contribution in [0, 0.1) is 6.92 Å². The third kappa shape index (κ3) is 2.72. The third-order valence-electron chi connectivity index (χ3n) is 2.55. The molecular weight excluding hydrogens is 222 g/mol. The molecule has 6 heteroatoms. The van der Waals surface area contributed by atoms with Crippen molar-refractivity contribution >= 4 is 17.7 Å². The molecule has 0 bridgehead atoms. The van der Waals surface area contributed by atoms with Crippen molar-refractivity contribution in [2.75, 3.05) is 11.9 Å². The Bertz CT molecular complexity index is 459. The van der Waals surface area contributed by atoms with Crippen LogP contribution >= 0.6 is 0 Å². The summed E-state index contributed by atoms with van der Waals surface area (Å²) in [6, 6.07) is 2.41. The van der Waals surface area contributed by atoms with Crippen LogP contribution in [0.3, 0.4) is 0 Å². The molecule has 6 nitrogen and oxygen atoms in total. The van der Waals surface area contributed by atoms with Crippen molar-refractivity contribution in [3.8, 4) is 0 Å². The molecule has 0 aliphatic heterocycles. The zero-order valence-corrected chi connectivity index (χ0v) is 9.97. The van der Waals surface area contributed by atoms with Gasteiger partial charge in [-0.15, -0.1) is 0 Å². The molecule has 0 spiro atoms. The molecule has 1 atom stereocenters. The van der Waals surface area contributed by atoms with E-state index in [1.165, 1.54) is 11.8 Å². The van der Waals surface area contributed by atoms with Gasteiger partial charge in [0.1, 0.15) is 11.9 Å². The number of carboxylic acids is 1. The molecule has 0 saturated heterocycles. The second kappa shape index (κ2) is 4.82. The number of aryl methyl sites for hydroxylation is 1. The van der Waals surface area contributed by atoms with Gasteiger partial charge in [0.25, 0.3) is 5.91 Å². The van der Waals surface area contributed by atoms with Gasteiger partial charge in [-0.3, -0.25) is 4.79 Å². The molecular formula is C11H15N3O3. The Kier molecular flexibility index (Phi) is 3.67. The molecule has 1 aromatic heterocycles. The molecule has 1 unspecified atom stereocenters. The van der Waals surface area contributed by atoms with Crippen molar-refractivity contribution in [3.63, 3.8) is 0 Å². The highest BCUT2D eigenvalue weighted by molar-refractivity contribution is 5.98. The number of rotatable bonds is 4. The minimum absolute atomic E-state index is 0.214. The van der Waals surface area contributed by atoms with E-state index in [1.54, 1.807) is 26.1 Å². The number of hydrogen-bond acceptors (Lipinski definition) is 4. The van der Waals surface area contributed by atoms with Gasteiger partial charge in [0, 0.05) is 12.7 Å². The smallest absolute Gasteiger partial charge is 0.326 e. The fraction of sp³-hybridized carbons (Fsp3) is 0.364. The van der Waals surface area contributed by atoms with Crippen molar-refractivity contribution < 1.29 is 14.7 Å². The Morgan fingerprint density at radius 3 is 2.53 bits per heavy atom. The quantitative estimate of drug-likeness (QED) is 0.790. The topological polar surface area (TPSA) is 96.5 Å². The van der Waals surface area contributed by atoms with Crippen molar-refractivity contribution in [2.45, 2.75) is 19.9 Å². The van der Waals surface area contributed by atoms with Crippen molar-refractivity contribution in [3.05, 3.63) is 23.4 Å². The van der Waals surface area contributed by atoms with E-state index in [0.29, 0.717) is 5.69 Å². The molecule has 0 saturated carbocycles. The summed E-state index contributed by atoms with van der Waals surface area (Å²) in [6.07, 6.45) is 0. The van der Waals surface area contributed by atoms with Gasteiger partial charge in [-0.1, -0.05) is 0 Å². The minimum Gasteiger partial charge on any atom is -0.480 e. The van der Waals surface area contributed by atoms with Gasteiger partial charge in [0.15, 0.2) is 0 Å². The first kappa shape index (κ1) is 13.0. The van der Waals surface area contributed by atoms with Crippen LogP contribution in [-0.4, -0.2) is 35.1 Å². The molecule has 0 radical (unpaired) electrons. The summed E-state index contributed by atoms with van der Waals surface area (Å²) in [5.74, 6) is -1.34. The number of primary amides is 1. The van der Waals surface area contributed by atoms with E-state index < -0.39 is 17.9 Å². The lowest BCUT2D eigenvalue weighted by Gasteiger charge is -2.24. The first-order valence-electron chi connectivity index (χ1n) is 5.07. The lowest BCUT2D eigenvalue weighted by Crippen LogP contribution is -2.37. The fourth-order valence-electron chi connectivity index (χ4n) is 1.35. The molecule has 0 aliphatic carbocycles. The highest BCUT2D eigenvalue weighted by Gasteiger charge is 2.22. The number of nitrogens with two attached hydrogens (primary N) is 1. The molecule has 0 fully saturated rings. The maximum atomic E-state index is 11.2. The van der Waals surface area contributed by atoms with Crippen LogP contribution in [0.5, 0.6) is 0 Å². The van der Waals surface area contributed by atoms with E-state index in [1.807, 2.05) is 0 Å². The number of aromatic nitrogens is 1. The number of hydrogen-bond donors (Lipinski definition) is 2. The molecule has 1 rings (SSSR count). The molecule has 1 amide bonds. The highest BCUT2D eigenvalue weighted by Crippen LogP contribution is 2.19. The summed E-state index contributed by atoms with van der Waals surface area (Å²) in [5, 5.41) is 8.93. The Hall–Kier alpha value is -2.11. The number of amides is 1. The summed E-state index contributed by atoms with van der Waals surface area (Å²) in [7, 11) is 1.56. The van der Waals surface area contributed by atoms with E-state index in [2.05, 4.69) is 4.98 Å². The number of anilines is 1. The fourth-order valence-corrected chi connectivity index (χ4v) is 1.35. The molecule has 0 aliphatic rings. The number of aliphatic carboxylic acids is 1. The van der Waals surface area contributed by atoms with Gasteiger partial charge >= 0.3 is 5.97 Å². The first-order valence-corrected chi connectivity index (χ1v) is 5.07. The van der Waals surface area contributed by atoms with Crippen molar-refractivity contribution in [1.29, 1.82) is 0 Å². The zero-order chi connectivity index (χ0) is 13.2. The molecule has 3 N–H and O–H groups in total. The lowest BCUT2D eigenvalue weighted by atomic mass is 10.2. The SMILES string of the molecule is Cc1ccc(C(N)=O)c(N(C)C(C)C(=O)O)n1. The van der Waals surface area contributed by atoms with Crippen LogP contribution in [0.1, 0.15) is 23.0 Å². The zero-order valence-electron chi connectivity index (χ0n) is 9.97. The van der Waals surface area contributed by atoms with Crippen LogP contribution in [0.4, 0.5) is 5.82 Å². The number of pyridine rings is 1. The second-order valence-corrected chi connectivity index (χ2v) is 3.81. The summed E-state index contributed by atoms with van der Waals surface area (Å²) in [6.45, 7) is 3.27. The number of carbonyl (C=O) groups excluding carboxylic acids is 1. The standard InChI is InChI=1S/C11H15N3O3/c1-6-4-5-8(9(12)15)10(13-6)14(3)7(2)11(16)17/h4-5,7H,1-3H3,(H2,12,15)(H,16,17). The summed E-state index contributed by atoms with van der Waals surface area (Å²) in [4.78, 5) is 27.7. The normalized spacial score (nSPS) is 11.9. The lowest BCUT2D eigenvalue weighted by molar-refractivity contribution is -0.138. The maximum absolute atomic E-state index is 11.2. The minimum atomic E-state index is -0.994. The van der Waals surface area contributed by atoms with Crippen molar-refractivity contribution in [2.24, 2.45) is 5.73 Å². The number of nitrogens with zero attached hydrogens (tertiary/aromatic N) is 2. The van der Waals surface area contributed by atoms with Gasteiger partial charge in [-0.05, 0) is 26.0 Å². The Morgan fingerprint density at radius 1 is 1.47 bits per heavy atom. The average Bonchev–Trinajstić information content (AvgIpc) is 2.26. The Labute approximate surface area is 99.1 Å². The molecule has 17 heavy (non-hydrogen) atoms. The van der Waals surface area contributed by atoms with Crippen LogP contribution in [0.15, 0.2) is 12.1 Å². The maximum Gasteiger partial charge on any atom is 0.326 e. The Morgan fingerprint density at radius 2 is 2.06 bits per heavy atom. The van der Waals surface area contributed by atoms with Gasteiger partial charge in [0.05, 0.1) is 5.56 Å². The first-order chi connectivity index (χ1) is 7.84. The molecule has 92 valence electrons. The summed E-state index contributed by atoms with van der Waals surface area (Å²) in [5.41, 5.74) is 6.13. The molecule has 1 heterocycles. The number of carboxylic acid groups (broad SMARTS) is 1. The van der Waals surface area contributed by atoms with Gasteiger partial charge in [-0.25, -0.2) is 9.78 Å². The summed E-state index contributed by atoms with van der Waals surface area (Å²) < 4.78 is 0. The second-order valence-electron chi connectivity index (χ2n) is 3.81. The van der Waals surface area contributed by atoms with Gasteiger partial charge in [0.2, 0.25) is 0 Å². The largest absolute Gasteiger partial charge is 0.480 e.